The summed E-state index contributed by atoms with van der Waals surface area (Å²) in [6.45, 7) is 0. The number of fused-ring (bicyclic) bond motifs is 10. The fourth-order valence-corrected chi connectivity index (χ4v) is 10.3. The maximum Gasteiger partial charge on any atom is 0.0541 e. The van der Waals surface area contributed by atoms with E-state index in [1.165, 1.54) is 98.3 Å². The standard InChI is InChI=1S/C64H42N2/c1-3-13-43(14-4-1)46-23-30-51(31-24-46)65(53-34-27-45-17-7-8-18-48(45)39-53)52-32-25-47(26-33-52)50-29-38-64-62(41-50)61-40-49(44-15-5-2-6-16-44)28-37-63(61)66(64)54-35-36-59-57-21-10-9-19-55(57)56-20-11-12-22-58(56)60(59)42-54/h1-42H. The van der Waals surface area contributed by atoms with Crippen molar-refractivity contribution in [2.24, 2.45) is 0 Å². The fourth-order valence-electron chi connectivity index (χ4n) is 10.3. The van der Waals surface area contributed by atoms with Crippen LogP contribution in [0.4, 0.5) is 17.1 Å². The highest BCUT2D eigenvalue weighted by Gasteiger charge is 2.18. The minimum Gasteiger partial charge on any atom is -0.310 e. The van der Waals surface area contributed by atoms with Gasteiger partial charge in [-0.2, -0.15) is 0 Å². The summed E-state index contributed by atoms with van der Waals surface area (Å²) in [6, 6.07) is 93.3. The lowest BCUT2D eigenvalue weighted by Crippen LogP contribution is -2.09. The van der Waals surface area contributed by atoms with Crippen molar-refractivity contribution in [3.05, 3.63) is 255 Å². The number of hydrogen-bond donors (Lipinski definition) is 0. The summed E-state index contributed by atoms with van der Waals surface area (Å²) < 4.78 is 2.46. The lowest BCUT2D eigenvalue weighted by Gasteiger charge is -2.26. The summed E-state index contributed by atoms with van der Waals surface area (Å²) in [5.74, 6) is 0. The highest BCUT2D eigenvalue weighted by atomic mass is 15.1. The van der Waals surface area contributed by atoms with E-state index in [0.29, 0.717) is 0 Å². The van der Waals surface area contributed by atoms with Crippen LogP contribution in [0.15, 0.2) is 255 Å². The van der Waals surface area contributed by atoms with Crippen LogP contribution < -0.4 is 4.90 Å². The molecule has 0 atom stereocenters. The summed E-state index contributed by atoms with van der Waals surface area (Å²) >= 11 is 0. The number of rotatable bonds is 7. The average Bonchev–Trinajstić information content (AvgIpc) is 3.72. The number of aromatic nitrogens is 1. The Morgan fingerprint density at radius 1 is 0.227 bits per heavy atom. The Hall–Kier alpha value is -8.72. The highest BCUT2D eigenvalue weighted by molar-refractivity contribution is 6.25. The molecule has 0 radical (unpaired) electrons. The first-order valence-electron chi connectivity index (χ1n) is 22.7. The van der Waals surface area contributed by atoms with Gasteiger partial charge in [-0.15, -0.1) is 0 Å². The molecule has 0 spiro atoms. The minimum absolute atomic E-state index is 1.10. The molecule has 0 aliphatic carbocycles. The van der Waals surface area contributed by atoms with Crippen molar-refractivity contribution >= 4 is 82.0 Å². The van der Waals surface area contributed by atoms with Crippen LogP contribution in [-0.2, 0) is 0 Å². The molecule has 0 amide bonds. The SMILES string of the molecule is c1ccc(-c2ccc(N(c3ccc(-c4ccc5c(c4)c4cc(-c6ccccc6)ccc4n5-c4ccc5c6ccccc6c6ccccc6c5c4)cc3)c3ccc4ccccc4c3)cc2)cc1. The van der Waals surface area contributed by atoms with Gasteiger partial charge in [0, 0.05) is 33.5 Å². The first-order valence-corrected chi connectivity index (χ1v) is 22.7. The topological polar surface area (TPSA) is 8.17 Å². The number of anilines is 3. The summed E-state index contributed by atoms with van der Waals surface area (Å²) in [6.07, 6.45) is 0. The normalized spacial score (nSPS) is 11.6. The summed E-state index contributed by atoms with van der Waals surface area (Å²) in [5.41, 5.74) is 14.0. The molecule has 1 heterocycles. The zero-order chi connectivity index (χ0) is 43.6. The van der Waals surface area contributed by atoms with E-state index in [-0.39, 0.29) is 0 Å². The second-order valence-electron chi connectivity index (χ2n) is 17.3. The molecular weight excluding hydrogens is 797 g/mol. The molecule has 0 unspecified atom stereocenters. The molecule has 0 bridgehead atoms. The molecule has 0 aliphatic heterocycles. The van der Waals surface area contributed by atoms with Crippen molar-refractivity contribution in [2.45, 2.75) is 0 Å². The van der Waals surface area contributed by atoms with E-state index in [9.17, 15) is 0 Å². The van der Waals surface area contributed by atoms with E-state index in [1.807, 2.05) is 0 Å². The molecule has 66 heavy (non-hydrogen) atoms. The predicted octanol–water partition coefficient (Wildman–Crippen LogP) is 17.9. The summed E-state index contributed by atoms with van der Waals surface area (Å²) in [7, 11) is 0. The van der Waals surface area contributed by atoms with Gasteiger partial charge < -0.3 is 9.47 Å². The smallest absolute Gasteiger partial charge is 0.0541 e. The zero-order valence-electron chi connectivity index (χ0n) is 36.1. The second kappa shape index (κ2) is 15.5. The Morgan fingerprint density at radius 2 is 0.636 bits per heavy atom. The Kier molecular flexibility index (Phi) is 8.89. The van der Waals surface area contributed by atoms with Gasteiger partial charge in [0.1, 0.15) is 0 Å². The minimum atomic E-state index is 1.10. The van der Waals surface area contributed by atoms with Gasteiger partial charge in [0.15, 0.2) is 0 Å². The van der Waals surface area contributed by atoms with Crippen LogP contribution in [0.25, 0.3) is 104 Å². The van der Waals surface area contributed by atoms with E-state index >= 15 is 0 Å². The molecule has 0 saturated heterocycles. The van der Waals surface area contributed by atoms with E-state index in [4.69, 9.17) is 0 Å². The van der Waals surface area contributed by atoms with Gasteiger partial charge >= 0.3 is 0 Å². The van der Waals surface area contributed by atoms with E-state index in [1.54, 1.807) is 0 Å². The molecule has 2 heteroatoms. The monoisotopic (exact) mass is 838 g/mol. The number of hydrogen-bond acceptors (Lipinski definition) is 1. The molecule has 12 aromatic carbocycles. The molecular formula is C64H42N2. The lowest BCUT2D eigenvalue weighted by atomic mass is 9.94. The Bertz CT molecular complexity index is 3920. The van der Waals surface area contributed by atoms with Crippen molar-refractivity contribution in [3.63, 3.8) is 0 Å². The van der Waals surface area contributed by atoms with Crippen molar-refractivity contribution in [2.75, 3.05) is 4.90 Å². The molecule has 13 aromatic rings. The molecule has 0 fully saturated rings. The van der Waals surface area contributed by atoms with Crippen molar-refractivity contribution in [1.29, 1.82) is 0 Å². The van der Waals surface area contributed by atoms with Crippen molar-refractivity contribution < 1.29 is 0 Å². The van der Waals surface area contributed by atoms with Gasteiger partial charge in [-0.25, -0.2) is 0 Å². The third-order valence-electron chi connectivity index (χ3n) is 13.5. The van der Waals surface area contributed by atoms with Crippen molar-refractivity contribution in [1.82, 2.24) is 4.57 Å². The number of benzene rings is 12. The van der Waals surface area contributed by atoms with Crippen LogP contribution in [-0.4, -0.2) is 4.57 Å². The molecule has 0 saturated carbocycles. The van der Waals surface area contributed by atoms with Gasteiger partial charge in [0.05, 0.1) is 11.0 Å². The van der Waals surface area contributed by atoms with Crippen molar-refractivity contribution in [3.8, 4) is 39.1 Å². The number of nitrogens with zero attached hydrogens (tertiary/aromatic N) is 2. The van der Waals surface area contributed by atoms with Crippen LogP contribution in [0.1, 0.15) is 0 Å². The summed E-state index contributed by atoms with van der Waals surface area (Å²) in [4.78, 5) is 2.36. The molecule has 308 valence electrons. The third-order valence-corrected chi connectivity index (χ3v) is 13.5. The van der Waals surface area contributed by atoms with Gasteiger partial charge in [-0.05, 0) is 149 Å². The largest absolute Gasteiger partial charge is 0.310 e. The molecule has 0 aliphatic rings. The molecule has 13 rings (SSSR count). The van der Waals surface area contributed by atoms with E-state index in [2.05, 4.69) is 264 Å². The van der Waals surface area contributed by atoms with Crippen LogP contribution in [0.2, 0.25) is 0 Å². The maximum absolute atomic E-state index is 2.46. The van der Waals surface area contributed by atoms with Gasteiger partial charge in [0.2, 0.25) is 0 Å². The average molecular weight is 839 g/mol. The summed E-state index contributed by atoms with van der Waals surface area (Å²) in [5, 5.41) is 12.6. The van der Waals surface area contributed by atoms with Gasteiger partial charge in [-0.3, -0.25) is 0 Å². The first-order chi connectivity index (χ1) is 32.7. The molecule has 2 nitrogen and oxygen atoms in total. The molecule has 1 aromatic heterocycles. The fraction of sp³-hybridized carbons (Fsp3) is 0. The highest BCUT2D eigenvalue weighted by Crippen LogP contribution is 2.42. The lowest BCUT2D eigenvalue weighted by molar-refractivity contribution is 1.19. The Labute approximate surface area is 383 Å². The third kappa shape index (κ3) is 6.34. The second-order valence-corrected chi connectivity index (χ2v) is 17.3. The maximum atomic E-state index is 2.46. The van der Waals surface area contributed by atoms with Gasteiger partial charge in [-0.1, -0.05) is 182 Å². The van der Waals surface area contributed by atoms with Gasteiger partial charge in [0.25, 0.3) is 0 Å². The molecule has 0 N–H and O–H groups in total. The van der Waals surface area contributed by atoms with Crippen LogP contribution in [0.5, 0.6) is 0 Å². The Morgan fingerprint density at radius 3 is 1.20 bits per heavy atom. The van der Waals surface area contributed by atoms with E-state index in [0.717, 1.165) is 22.7 Å². The van der Waals surface area contributed by atoms with Crippen LogP contribution in [0.3, 0.4) is 0 Å². The first kappa shape index (κ1) is 37.8. The van der Waals surface area contributed by atoms with Crippen LogP contribution >= 0.6 is 0 Å². The quantitative estimate of drug-likeness (QED) is 0.145. The van der Waals surface area contributed by atoms with Crippen LogP contribution in [0, 0.1) is 0 Å². The van der Waals surface area contributed by atoms with E-state index < -0.39 is 0 Å². The Balaban J connectivity index is 0.947. The predicted molar refractivity (Wildman–Crippen MR) is 282 cm³/mol. The zero-order valence-corrected chi connectivity index (χ0v) is 36.1.